The molecule has 0 saturated heterocycles. The Kier molecular flexibility index (Phi) is 25.2. The van der Waals surface area contributed by atoms with Crippen LogP contribution in [0.2, 0.25) is 0 Å². The van der Waals surface area contributed by atoms with Gasteiger partial charge in [0.25, 0.3) is 0 Å². The molecule has 278 valence electrons. The Balaban J connectivity index is 5.36. The monoisotopic (exact) mass is 671 g/mol. The number of aliphatic hydroxyl groups is 4. The molecule has 6 N–H and O–H groups in total. The van der Waals surface area contributed by atoms with Crippen molar-refractivity contribution in [1.29, 1.82) is 0 Å². The maximum atomic E-state index is 9.97. The maximum Gasteiger partial charge on any atom is 0.0780 e. The lowest BCUT2D eigenvalue weighted by Gasteiger charge is -2.36. The second-order valence-electron chi connectivity index (χ2n) is 13.3. The molecule has 0 aliphatic rings. The molecule has 46 heavy (non-hydrogen) atoms. The van der Waals surface area contributed by atoms with Crippen molar-refractivity contribution in [3.05, 3.63) is 0 Å². The number of nitrogens with two attached hydrogens (primary N) is 1. The van der Waals surface area contributed by atoms with Crippen LogP contribution in [-0.2, 0) is 38.0 Å². The predicted molar refractivity (Wildman–Crippen MR) is 175 cm³/mol. The largest absolute Gasteiger partial charge is 0.396 e. The van der Waals surface area contributed by atoms with E-state index in [2.05, 4.69) is 6.92 Å². The molecule has 0 heterocycles. The van der Waals surface area contributed by atoms with Gasteiger partial charge in [0.05, 0.1) is 123 Å². The topological polar surface area (TPSA) is 181 Å². The molecule has 0 aliphatic carbocycles. The lowest BCUT2D eigenvalue weighted by molar-refractivity contribution is -0.137. The molecule has 0 amide bonds. The van der Waals surface area contributed by atoms with Crippen LogP contribution in [0.3, 0.4) is 0 Å². The molecule has 0 rings (SSSR count). The second kappa shape index (κ2) is 25.5. The van der Waals surface area contributed by atoms with Crippen LogP contribution in [-0.4, -0.2) is 143 Å². The van der Waals surface area contributed by atoms with Crippen LogP contribution in [0.25, 0.3) is 0 Å². The molecular formula is C33H69NO12. The van der Waals surface area contributed by atoms with Crippen molar-refractivity contribution in [2.24, 2.45) is 22.1 Å². The summed E-state index contributed by atoms with van der Waals surface area (Å²) in [6, 6.07) is 0. The average Bonchev–Trinajstić information content (AvgIpc) is 3.05. The van der Waals surface area contributed by atoms with Crippen molar-refractivity contribution >= 4 is 0 Å². The van der Waals surface area contributed by atoms with Crippen molar-refractivity contribution in [2.75, 3.05) is 92.5 Å². The van der Waals surface area contributed by atoms with Crippen LogP contribution < -0.4 is 5.90 Å². The van der Waals surface area contributed by atoms with Gasteiger partial charge >= 0.3 is 0 Å². The SMILES string of the molecule is CCC(CO)(CON)COCC(CC)(COCC(C)OCC(CC)(COCC(C)O)COC(C)COC(C)CO)COC(C)CO. The molecule has 0 fully saturated rings. The Morgan fingerprint density at radius 2 is 0.913 bits per heavy atom. The molecule has 8 atom stereocenters. The van der Waals surface area contributed by atoms with E-state index in [0.717, 1.165) is 6.42 Å². The first-order chi connectivity index (χ1) is 21.8. The zero-order valence-electron chi connectivity index (χ0n) is 30.0. The third-order valence-electron chi connectivity index (χ3n) is 8.47. The summed E-state index contributed by atoms with van der Waals surface area (Å²) in [5, 5.41) is 38.4. The van der Waals surface area contributed by atoms with E-state index in [1.54, 1.807) is 13.8 Å². The molecule has 0 saturated carbocycles. The highest BCUT2D eigenvalue weighted by atomic mass is 16.6. The molecular weight excluding hydrogens is 602 g/mol. The smallest absolute Gasteiger partial charge is 0.0780 e. The van der Waals surface area contributed by atoms with Crippen LogP contribution in [0.4, 0.5) is 0 Å². The standard InChI is InChI=1S/C33H69NO12/c1-9-31(17-37,25-46-34)18-41-21-32(10-2,22-43-28(6)13-36)19-40-15-29(7)44-23-33(11-3,20-39-14-26(4)38)24-45-30(8)16-42-27(5)12-35/h26-30,35-38H,9-25,34H2,1-8H3. The van der Waals surface area contributed by atoms with Crippen molar-refractivity contribution in [2.45, 2.75) is 105 Å². The van der Waals surface area contributed by atoms with Crippen molar-refractivity contribution in [3.8, 4) is 0 Å². The third kappa shape index (κ3) is 18.9. The van der Waals surface area contributed by atoms with Crippen LogP contribution in [0.1, 0.15) is 74.7 Å². The quantitative estimate of drug-likeness (QED) is 0.0657. The number of ether oxygens (including phenoxy) is 7. The van der Waals surface area contributed by atoms with Gasteiger partial charge < -0.3 is 58.4 Å². The Hall–Kier alpha value is -0.520. The van der Waals surface area contributed by atoms with E-state index in [4.69, 9.17) is 43.9 Å². The van der Waals surface area contributed by atoms with Gasteiger partial charge in [0.2, 0.25) is 0 Å². The first-order valence-corrected chi connectivity index (χ1v) is 16.9. The number of hydrogen-bond acceptors (Lipinski definition) is 13. The van der Waals surface area contributed by atoms with E-state index >= 15 is 0 Å². The lowest BCUT2D eigenvalue weighted by atomic mass is 9.86. The van der Waals surface area contributed by atoms with Gasteiger partial charge in [-0.25, -0.2) is 5.90 Å². The van der Waals surface area contributed by atoms with E-state index in [-0.39, 0.29) is 64.1 Å². The number of aliphatic hydroxyl groups excluding tert-OH is 4. The highest BCUT2D eigenvalue weighted by Gasteiger charge is 2.35. The minimum Gasteiger partial charge on any atom is -0.396 e. The highest BCUT2D eigenvalue weighted by molar-refractivity contribution is 4.82. The zero-order valence-corrected chi connectivity index (χ0v) is 30.0. The highest BCUT2D eigenvalue weighted by Crippen LogP contribution is 2.29. The maximum absolute atomic E-state index is 9.97. The van der Waals surface area contributed by atoms with Crippen LogP contribution in [0.5, 0.6) is 0 Å². The predicted octanol–water partition coefficient (Wildman–Crippen LogP) is 2.09. The van der Waals surface area contributed by atoms with Gasteiger partial charge in [-0.2, -0.15) is 0 Å². The Bertz CT molecular complexity index is 716. The summed E-state index contributed by atoms with van der Waals surface area (Å²) in [6.45, 7) is 18.3. The summed E-state index contributed by atoms with van der Waals surface area (Å²) in [5.74, 6) is 5.31. The van der Waals surface area contributed by atoms with E-state index in [0.29, 0.717) is 65.7 Å². The lowest BCUT2D eigenvalue weighted by Crippen LogP contribution is -2.42. The summed E-state index contributed by atoms with van der Waals surface area (Å²) in [7, 11) is 0. The summed E-state index contributed by atoms with van der Waals surface area (Å²) < 4.78 is 42.1. The summed E-state index contributed by atoms with van der Waals surface area (Å²) in [5.41, 5.74) is -1.56. The molecule has 13 heteroatoms. The van der Waals surface area contributed by atoms with Crippen molar-refractivity contribution in [1.82, 2.24) is 0 Å². The average molecular weight is 672 g/mol. The first-order valence-electron chi connectivity index (χ1n) is 16.9. The summed E-state index contributed by atoms with van der Waals surface area (Å²) in [4.78, 5) is 4.85. The Labute approximate surface area is 278 Å². The van der Waals surface area contributed by atoms with E-state index < -0.39 is 22.3 Å². The van der Waals surface area contributed by atoms with Gasteiger partial charge in [0.1, 0.15) is 0 Å². The molecule has 0 radical (unpaired) electrons. The minimum atomic E-state index is -0.603. The van der Waals surface area contributed by atoms with Gasteiger partial charge in [-0.15, -0.1) is 0 Å². The number of rotatable bonds is 32. The fourth-order valence-electron chi connectivity index (χ4n) is 4.32. The Morgan fingerprint density at radius 3 is 1.37 bits per heavy atom. The molecule has 0 aromatic heterocycles. The summed E-state index contributed by atoms with van der Waals surface area (Å²) >= 11 is 0. The van der Waals surface area contributed by atoms with Gasteiger partial charge in [-0.1, -0.05) is 20.8 Å². The molecule has 13 nitrogen and oxygen atoms in total. The van der Waals surface area contributed by atoms with Crippen LogP contribution in [0, 0.1) is 16.2 Å². The number of hydrogen-bond donors (Lipinski definition) is 5. The molecule has 0 aromatic rings. The molecule has 0 spiro atoms. The van der Waals surface area contributed by atoms with E-state index in [9.17, 15) is 20.4 Å². The van der Waals surface area contributed by atoms with Crippen LogP contribution >= 0.6 is 0 Å². The van der Waals surface area contributed by atoms with Gasteiger partial charge in [-0.3, -0.25) is 0 Å². The van der Waals surface area contributed by atoms with Crippen molar-refractivity contribution < 1.29 is 58.4 Å². The van der Waals surface area contributed by atoms with Gasteiger partial charge in [0.15, 0.2) is 0 Å². The summed E-state index contributed by atoms with van der Waals surface area (Å²) in [6.07, 6.45) is 0.429. The molecule has 0 aliphatic heterocycles. The third-order valence-corrected chi connectivity index (χ3v) is 8.47. The van der Waals surface area contributed by atoms with E-state index in [1.807, 2.05) is 34.6 Å². The van der Waals surface area contributed by atoms with Gasteiger partial charge in [0, 0.05) is 16.2 Å². The molecule has 0 aromatic carbocycles. The second-order valence-corrected chi connectivity index (χ2v) is 13.3. The van der Waals surface area contributed by atoms with Gasteiger partial charge in [-0.05, 0) is 53.9 Å². The van der Waals surface area contributed by atoms with Crippen LogP contribution in [0.15, 0.2) is 0 Å². The molecule has 0 bridgehead atoms. The van der Waals surface area contributed by atoms with Crippen molar-refractivity contribution in [3.63, 3.8) is 0 Å². The van der Waals surface area contributed by atoms with E-state index in [1.165, 1.54) is 0 Å². The Morgan fingerprint density at radius 1 is 0.500 bits per heavy atom. The normalized spacial score (nSPS) is 19.5. The fourth-order valence-corrected chi connectivity index (χ4v) is 4.32. The minimum absolute atomic E-state index is 0.0543. The fraction of sp³-hybridized carbons (Fsp3) is 1.00. The zero-order chi connectivity index (χ0) is 35.1. The molecule has 8 unspecified atom stereocenters. The first kappa shape index (κ1) is 45.5.